The molecule has 0 bridgehead atoms. The molecule has 7 nitrogen and oxygen atoms in total. The highest BCUT2D eigenvalue weighted by molar-refractivity contribution is 7.15. The van der Waals surface area contributed by atoms with E-state index < -0.39 is 0 Å². The number of imidazole rings is 1. The zero-order valence-electron chi connectivity index (χ0n) is 13.2. The van der Waals surface area contributed by atoms with Gasteiger partial charge in [-0.15, -0.1) is 11.3 Å². The second-order valence-electron chi connectivity index (χ2n) is 5.56. The molecule has 1 aromatic carbocycles. The molecule has 8 heteroatoms. The van der Waals surface area contributed by atoms with Crippen LogP contribution in [0.15, 0.2) is 53.0 Å². The van der Waals surface area contributed by atoms with Gasteiger partial charge < -0.3 is 15.6 Å². The Kier molecular flexibility index (Phi) is 3.95. The molecule has 3 N–H and O–H groups in total. The molecule has 4 aromatic rings. The molecule has 0 unspecified atom stereocenters. The molecule has 0 aliphatic rings. The van der Waals surface area contributed by atoms with E-state index in [0.717, 1.165) is 21.7 Å². The number of carbonyl (C=O) groups is 1. The molecular formula is C17H15N5O2S. The van der Waals surface area contributed by atoms with Crippen LogP contribution in [-0.2, 0) is 13.1 Å². The number of rotatable bonds is 4. The van der Waals surface area contributed by atoms with Crippen LogP contribution in [-0.4, -0.2) is 20.4 Å². The second kappa shape index (κ2) is 6.40. The molecule has 4 rings (SSSR count). The second-order valence-corrected chi connectivity index (χ2v) is 6.44. The van der Waals surface area contributed by atoms with Crippen molar-refractivity contribution < 1.29 is 4.79 Å². The number of urea groups is 1. The predicted molar refractivity (Wildman–Crippen MR) is 96.7 cm³/mol. The first-order valence-corrected chi connectivity index (χ1v) is 8.60. The van der Waals surface area contributed by atoms with Crippen molar-refractivity contribution in [3.8, 4) is 0 Å². The zero-order chi connectivity index (χ0) is 17.2. The summed E-state index contributed by atoms with van der Waals surface area (Å²) in [5, 5.41) is 8.22. The van der Waals surface area contributed by atoms with Crippen LogP contribution in [0.5, 0.6) is 0 Å². The van der Waals surface area contributed by atoms with Gasteiger partial charge in [-0.25, -0.2) is 9.78 Å². The van der Waals surface area contributed by atoms with Crippen LogP contribution < -0.4 is 16.1 Å². The first-order valence-electron chi connectivity index (χ1n) is 7.72. The van der Waals surface area contributed by atoms with Gasteiger partial charge in [0.25, 0.3) is 0 Å². The first-order chi connectivity index (χ1) is 12.2. The molecule has 0 aliphatic heterocycles. The van der Waals surface area contributed by atoms with Gasteiger partial charge >= 0.3 is 6.03 Å². The lowest BCUT2D eigenvalue weighted by molar-refractivity contribution is 0.240. The zero-order valence-corrected chi connectivity index (χ0v) is 14.0. The van der Waals surface area contributed by atoms with E-state index >= 15 is 0 Å². The van der Waals surface area contributed by atoms with Crippen LogP contribution in [0.2, 0.25) is 0 Å². The van der Waals surface area contributed by atoms with Crippen LogP contribution in [0.1, 0.15) is 11.3 Å². The lowest BCUT2D eigenvalue weighted by atomic mass is 10.1. The Labute approximate surface area is 146 Å². The highest BCUT2D eigenvalue weighted by Crippen LogP contribution is 2.12. The molecule has 3 heterocycles. The Balaban J connectivity index is 1.37. The number of aromatic nitrogens is 3. The number of hydrogen-bond acceptors (Lipinski definition) is 4. The Hall–Kier alpha value is -3.13. The number of nitrogens with zero attached hydrogens (tertiary/aromatic N) is 2. The van der Waals surface area contributed by atoms with E-state index in [9.17, 15) is 9.59 Å². The third-order valence-corrected chi connectivity index (χ3v) is 4.70. The summed E-state index contributed by atoms with van der Waals surface area (Å²) in [6.45, 7) is 0.772. The van der Waals surface area contributed by atoms with Gasteiger partial charge in [0.05, 0.1) is 18.4 Å². The fourth-order valence-corrected chi connectivity index (χ4v) is 3.36. The minimum absolute atomic E-state index is 0.0217. The van der Waals surface area contributed by atoms with Gasteiger partial charge in [-0.1, -0.05) is 6.07 Å². The molecule has 0 atom stereocenters. The highest BCUT2D eigenvalue weighted by Gasteiger charge is 2.06. The molecule has 0 aliphatic carbocycles. The molecule has 3 aromatic heterocycles. The molecule has 0 radical (unpaired) electrons. The van der Waals surface area contributed by atoms with E-state index in [1.165, 1.54) is 6.07 Å². The number of thiazole rings is 1. The van der Waals surface area contributed by atoms with Gasteiger partial charge in [0.1, 0.15) is 0 Å². The number of hydrogen-bond donors (Lipinski definition) is 3. The van der Waals surface area contributed by atoms with Gasteiger partial charge in [-0.05, 0) is 17.7 Å². The molecule has 0 fully saturated rings. The number of benzene rings is 1. The fraction of sp³-hybridized carbons (Fsp3) is 0.118. The topological polar surface area (TPSA) is 91.3 Å². The molecule has 25 heavy (non-hydrogen) atoms. The highest BCUT2D eigenvalue weighted by atomic mass is 32.1. The first kappa shape index (κ1) is 15.4. The van der Waals surface area contributed by atoms with Crippen LogP contribution >= 0.6 is 11.3 Å². The summed E-state index contributed by atoms with van der Waals surface area (Å²) in [6.07, 6.45) is 5.30. The van der Waals surface area contributed by atoms with E-state index in [1.54, 1.807) is 29.8 Å². The summed E-state index contributed by atoms with van der Waals surface area (Å²) in [5.41, 5.74) is 2.57. The van der Waals surface area contributed by atoms with Crippen molar-refractivity contribution in [1.29, 1.82) is 0 Å². The van der Waals surface area contributed by atoms with Crippen molar-refractivity contribution in [3.05, 3.63) is 69.7 Å². The molecule has 0 spiro atoms. The summed E-state index contributed by atoms with van der Waals surface area (Å²) >= 11 is 1.55. The Morgan fingerprint density at radius 3 is 3.04 bits per heavy atom. The summed E-state index contributed by atoms with van der Waals surface area (Å²) in [5.74, 6) is 0. The van der Waals surface area contributed by atoms with Crippen molar-refractivity contribution in [1.82, 2.24) is 25.0 Å². The maximum atomic E-state index is 12.0. The molecule has 126 valence electrons. The van der Waals surface area contributed by atoms with Crippen molar-refractivity contribution in [2.45, 2.75) is 13.1 Å². The summed E-state index contributed by atoms with van der Waals surface area (Å²) in [7, 11) is 0. The van der Waals surface area contributed by atoms with Gasteiger partial charge in [0, 0.05) is 41.3 Å². The Morgan fingerprint density at radius 1 is 1.24 bits per heavy atom. The number of aromatic amines is 1. The SMILES string of the molecule is O=C(NCc1ccc2c(=O)cc[nH]c2c1)NCc1cnc2sccn12. The van der Waals surface area contributed by atoms with Crippen LogP contribution in [0.4, 0.5) is 4.79 Å². The number of amides is 2. The lowest BCUT2D eigenvalue weighted by Gasteiger charge is -2.08. The quantitative estimate of drug-likeness (QED) is 0.525. The maximum Gasteiger partial charge on any atom is 0.315 e. The summed E-state index contributed by atoms with van der Waals surface area (Å²) in [6, 6.07) is 6.70. The van der Waals surface area contributed by atoms with Crippen molar-refractivity contribution in [3.63, 3.8) is 0 Å². The van der Waals surface area contributed by atoms with E-state index in [4.69, 9.17) is 0 Å². The molecular weight excluding hydrogens is 338 g/mol. The number of nitrogens with one attached hydrogen (secondary N) is 3. The minimum atomic E-state index is -0.258. The fourth-order valence-electron chi connectivity index (χ4n) is 2.65. The maximum absolute atomic E-state index is 12.0. The van der Waals surface area contributed by atoms with Crippen molar-refractivity contribution >= 4 is 33.2 Å². The van der Waals surface area contributed by atoms with Gasteiger partial charge in [0.2, 0.25) is 0 Å². The number of H-pyrrole nitrogens is 1. The van der Waals surface area contributed by atoms with E-state index in [0.29, 0.717) is 18.5 Å². The van der Waals surface area contributed by atoms with Crippen molar-refractivity contribution in [2.75, 3.05) is 0 Å². The molecule has 0 saturated carbocycles. The molecule has 0 saturated heterocycles. The predicted octanol–water partition coefficient (Wildman–Crippen LogP) is 2.24. The third-order valence-electron chi connectivity index (χ3n) is 3.93. The van der Waals surface area contributed by atoms with Gasteiger partial charge in [-0.2, -0.15) is 0 Å². The van der Waals surface area contributed by atoms with Crippen LogP contribution in [0.25, 0.3) is 15.9 Å². The Morgan fingerprint density at radius 2 is 2.12 bits per heavy atom. The van der Waals surface area contributed by atoms with E-state index in [-0.39, 0.29) is 11.5 Å². The Bertz CT molecular complexity index is 1110. The largest absolute Gasteiger partial charge is 0.361 e. The number of pyridine rings is 1. The third kappa shape index (κ3) is 3.11. The smallest absolute Gasteiger partial charge is 0.315 e. The standard InChI is InChI=1S/C17H15N5O2S/c23-15-3-4-18-14-7-11(1-2-13(14)15)8-19-16(24)20-9-12-10-21-17-22(12)5-6-25-17/h1-7,10H,8-9H2,(H,18,23)(H2,19,20,24). The van der Waals surface area contributed by atoms with Gasteiger partial charge in [-0.3, -0.25) is 9.20 Å². The molecule has 2 amide bonds. The average molecular weight is 353 g/mol. The summed E-state index contributed by atoms with van der Waals surface area (Å²) < 4.78 is 1.95. The lowest BCUT2D eigenvalue weighted by Crippen LogP contribution is -2.34. The number of fused-ring (bicyclic) bond motifs is 2. The van der Waals surface area contributed by atoms with Crippen LogP contribution in [0, 0.1) is 0 Å². The van der Waals surface area contributed by atoms with Crippen LogP contribution in [0.3, 0.4) is 0 Å². The van der Waals surface area contributed by atoms with Crippen molar-refractivity contribution in [2.24, 2.45) is 0 Å². The normalized spacial score (nSPS) is 11.0. The van der Waals surface area contributed by atoms with E-state index in [1.807, 2.05) is 28.1 Å². The van der Waals surface area contributed by atoms with Gasteiger partial charge in [0.15, 0.2) is 10.4 Å². The minimum Gasteiger partial charge on any atom is -0.361 e. The monoisotopic (exact) mass is 353 g/mol. The number of carbonyl (C=O) groups excluding carboxylic acids is 1. The van der Waals surface area contributed by atoms with E-state index in [2.05, 4.69) is 20.6 Å². The average Bonchev–Trinajstić information content (AvgIpc) is 3.22. The summed E-state index contributed by atoms with van der Waals surface area (Å²) in [4.78, 5) is 31.9.